The van der Waals surface area contributed by atoms with E-state index in [0.717, 1.165) is 23.0 Å². The van der Waals surface area contributed by atoms with Crippen LogP contribution in [-0.2, 0) is 6.54 Å². The number of aliphatic hydroxyl groups excluding tert-OH is 1. The molecule has 4 heteroatoms. The molecule has 0 unspecified atom stereocenters. The van der Waals surface area contributed by atoms with Gasteiger partial charge in [0.15, 0.2) is 0 Å². The molecule has 3 rings (SSSR count). The molecule has 0 saturated heterocycles. The Kier molecular flexibility index (Phi) is 3.82. The smallest absolute Gasteiger partial charge is 0.0759 e. The summed E-state index contributed by atoms with van der Waals surface area (Å²) >= 11 is 1.69. The zero-order valence-electron chi connectivity index (χ0n) is 10.9. The number of hydrogen-bond donors (Lipinski definition) is 1. The largest absolute Gasteiger partial charge is 0.395 e. The number of rotatable bonds is 3. The summed E-state index contributed by atoms with van der Waals surface area (Å²) < 4.78 is 2.01. The minimum Gasteiger partial charge on any atom is -0.395 e. The molecule has 0 aliphatic carbocycles. The number of hydrogen-bond acceptors (Lipinski definition) is 3. The van der Waals surface area contributed by atoms with E-state index in [9.17, 15) is 0 Å². The Morgan fingerprint density at radius 3 is 3.10 bits per heavy atom. The van der Waals surface area contributed by atoms with Crippen LogP contribution in [0.15, 0.2) is 41.9 Å². The van der Waals surface area contributed by atoms with E-state index in [4.69, 9.17) is 5.11 Å². The Bertz CT molecular complexity index is 776. The topological polar surface area (TPSA) is 38.0 Å². The van der Waals surface area contributed by atoms with Crippen molar-refractivity contribution in [3.05, 3.63) is 52.3 Å². The van der Waals surface area contributed by atoms with E-state index in [1.165, 1.54) is 4.88 Å². The lowest BCUT2D eigenvalue weighted by Gasteiger charge is -2.00. The first-order valence-electron chi connectivity index (χ1n) is 6.44. The molecule has 0 amide bonds. The molecule has 100 valence electrons. The molecular weight excluding hydrogens is 268 g/mol. The van der Waals surface area contributed by atoms with Crippen LogP contribution >= 0.6 is 11.3 Å². The van der Waals surface area contributed by atoms with Gasteiger partial charge in [0, 0.05) is 27.6 Å². The highest BCUT2D eigenvalue weighted by molar-refractivity contribution is 7.10. The van der Waals surface area contributed by atoms with E-state index in [1.807, 2.05) is 28.4 Å². The minimum atomic E-state index is 0.114. The summed E-state index contributed by atoms with van der Waals surface area (Å²) in [6, 6.07) is 10.3. The van der Waals surface area contributed by atoms with Gasteiger partial charge >= 0.3 is 0 Å². The SMILES string of the molecule is OCCC#Cc1csc(Cn2ncc3ccccc32)c1. The number of nitrogens with zero attached hydrogens (tertiary/aromatic N) is 2. The molecule has 0 radical (unpaired) electrons. The standard InChI is InChI=1S/C16H14N2OS/c19-8-4-3-5-13-9-15(20-12-13)11-18-16-7-2-1-6-14(16)10-17-18/h1-2,6-7,9-10,12,19H,4,8,11H2. The number of aliphatic hydroxyl groups is 1. The predicted molar refractivity (Wildman–Crippen MR) is 81.7 cm³/mol. The van der Waals surface area contributed by atoms with Crippen LogP contribution in [0.3, 0.4) is 0 Å². The third-order valence-electron chi connectivity index (χ3n) is 2.98. The highest BCUT2D eigenvalue weighted by Crippen LogP contribution is 2.18. The van der Waals surface area contributed by atoms with Crippen molar-refractivity contribution in [2.75, 3.05) is 6.61 Å². The number of benzene rings is 1. The van der Waals surface area contributed by atoms with Crippen LogP contribution in [0.25, 0.3) is 10.9 Å². The number of fused-ring (bicyclic) bond motifs is 1. The van der Waals surface area contributed by atoms with Gasteiger partial charge in [-0.25, -0.2) is 0 Å². The maximum absolute atomic E-state index is 8.71. The first-order chi connectivity index (χ1) is 9.86. The van der Waals surface area contributed by atoms with Gasteiger partial charge in [-0.15, -0.1) is 11.3 Å². The molecule has 0 spiro atoms. The van der Waals surface area contributed by atoms with Gasteiger partial charge in [-0.3, -0.25) is 4.68 Å². The monoisotopic (exact) mass is 282 g/mol. The van der Waals surface area contributed by atoms with Gasteiger partial charge in [0.25, 0.3) is 0 Å². The second-order valence-corrected chi connectivity index (χ2v) is 5.43. The van der Waals surface area contributed by atoms with Crippen LogP contribution in [-0.4, -0.2) is 21.5 Å². The van der Waals surface area contributed by atoms with E-state index in [1.54, 1.807) is 11.3 Å². The highest BCUT2D eigenvalue weighted by Gasteiger charge is 2.04. The Labute approximate surface area is 121 Å². The summed E-state index contributed by atoms with van der Waals surface area (Å²) in [4.78, 5) is 1.23. The summed E-state index contributed by atoms with van der Waals surface area (Å²) in [6.45, 7) is 0.878. The lowest BCUT2D eigenvalue weighted by atomic mass is 10.2. The van der Waals surface area contributed by atoms with E-state index < -0.39 is 0 Å². The molecule has 3 aromatic rings. The zero-order chi connectivity index (χ0) is 13.8. The fourth-order valence-electron chi connectivity index (χ4n) is 2.05. The molecule has 0 atom stereocenters. The second kappa shape index (κ2) is 5.91. The highest BCUT2D eigenvalue weighted by atomic mass is 32.1. The second-order valence-electron chi connectivity index (χ2n) is 4.44. The zero-order valence-corrected chi connectivity index (χ0v) is 11.7. The van der Waals surface area contributed by atoms with Gasteiger partial charge in [0.1, 0.15) is 0 Å². The van der Waals surface area contributed by atoms with Crippen molar-refractivity contribution in [3.8, 4) is 11.8 Å². The Hall–Kier alpha value is -2.09. The number of para-hydroxylation sites is 1. The summed E-state index contributed by atoms with van der Waals surface area (Å²) in [5.74, 6) is 5.99. The van der Waals surface area contributed by atoms with Crippen molar-refractivity contribution in [1.82, 2.24) is 9.78 Å². The average molecular weight is 282 g/mol. The number of thiophene rings is 1. The third-order valence-corrected chi connectivity index (χ3v) is 3.90. The van der Waals surface area contributed by atoms with Gasteiger partial charge in [-0.05, 0) is 12.1 Å². The molecule has 0 aliphatic rings. The van der Waals surface area contributed by atoms with Crippen LogP contribution in [0.2, 0.25) is 0 Å². The maximum atomic E-state index is 8.71. The third kappa shape index (κ3) is 2.74. The van der Waals surface area contributed by atoms with E-state index >= 15 is 0 Å². The molecule has 0 saturated carbocycles. The summed E-state index contributed by atoms with van der Waals surface area (Å²) in [5.41, 5.74) is 2.16. The van der Waals surface area contributed by atoms with Gasteiger partial charge in [0.05, 0.1) is 24.9 Å². The molecule has 20 heavy (non-hydrogen) atoms. The lowest BCUT2D eigenvalue weighted by Crippen LogP contribution is -1.99. The molecule has 2 aromatic heterocycles. The van der Waals surface area contributed by atoms with Gasteiger partial charge < -0.3 is 5.11 Å². The molecule has 1 N–H and O–H groups in total. The summed E-state index contributed by atoms with van der Waals surface area (Å²) in [6.07, 6.45) is 2.42. The normalized spacial score (nSPS) is 10.4. The molecule has 3 nitrogen and oxygen atoms in total. The fraction of sp³-hybridized carbons (Fsp3) is 0.188. The Morgan fingerprint density at radius 2 is 2.20 bits per heavy atom. The van der Waals surface area contributed by atoms with Gasteiger partial charge in [-0.1, -0.05) is 30.0 Å². The van der Waals surface area contributed by atoms with Crippen molar-refractivity contribution in [3.63, 3.8) is 0 Å². The predicted octanol–water partition coefficient (Wildman–Crippen LogP) is 2.88. The number of aromatic nitrogens is 2. The Balaban J connectivity index is 1.80. The maximum Gasteiger partial charge on any atom is 0.0759 e. The summed E-state index contributed by atoms with van der Waals surface area (Å²) in [5, 5.41) is 16.3. The van der Waals surface area contributed by atoms with Crippen molar-refractivity contribution in [1.29, 1.82) is 0 Å². The van der Waals surface area contributed by atoms with E-state index in [0.29, 0.717) is 6.42 Å². The van der Waals surface area contributed by atoms with Crippen molar-refractivity contribution < 1.29 is 5.11 Å². The van der Waals surface area contributed by atoms with Crippen LogP contribution in [0.1, 0.15) is 16.9 Å². The average Bonchev–Trinajstić information content (AvgIpc) is 3.08. The first-order valence-corrected chi connectivity index (χ1v) is 7.32. The molecule has 0 fully saturated rings. The molecule has 1 aromatic carbocycles. The molecular formula is C16H14N2OS. The van der Waals surface area contributed by atoms with Crippen molar-refractivity contribution >= 4 is 22.2 Å². The lowest BCUT2D eigenvalue weighted by molar-refractivity contribution is 0.305. The van der Waals surface area contributed by atoms with Gasteiger partial charge in [-0.2, -0.15) is 5.10 Å². The molecule has 0 bridgehead atoms. The van der Waals surface area contributed by atoms with Crippen LogP contribution < -0.4 is 0 Å². The van der Waals surface area contributed by atoms with E-state index in [2.05, 4.69) is 35.1 Å². The van der Waals surface area contributed by atoms with Crippen LogP contribution in [0.4, 0.5) is 0 Å². The molecule has 0 aliphatic heterocycles. The van der Waals surface area contributed by atoms with Gasteiger partial charge in [0.2, 0.25) is 0 Å². The minimum absolute atomic E-state index is 0.114. The van der Waals surface area contributed by atoms with Crippen LogP contribution in [0.5, 0.6) is 0 Å². The van der Waals surface area contributed by atoms with Crippen molar-refractivity contribution in [2.45, 2.75) is 13.0 Å². The van der Waals surface area contributed by atoms with Crippen LogP contribution in [0, 0.1) is 11.8 Å². The Morgan fingerprint density at radius 1 is 1.30 bits per heavy atom. The quantitative estimate of drug-likeness (QED) is 0.750. The summed E-state index contributed by atoms with van der Waals surface area (Å²) in [7, 11) is 0. The first kappa shape index (κ1) is 12.9. The molecule has 2 heterocycles. The fourth-order valence-corrected chi connectivity index (χ4v) is 2.85. The van der Waals surface area contributed by atoms with E-state index in [-0.39, 0.29) is 6.61 Å². The van der Waals surface area contributed by atoms with Crippen molar-refractivity contribution in [2.24, 2.45) is 0 Å².